The number of benzene rings is 2. The van der Waals surface area contributed by atoms with Crippen LogP contribution in [-0.4, -0.2) is 43.6 Å². The molecule has 0 saturated heterocycles. The van der Waals surface area contributed by atoms with Gasteiger partial charge < -0.3 is 10.2 Å². The fourth-order valence-electron chi connectivity index (χ4n) is 5.71. The lowest BCUT2D eigenvalue weighted by Gasteiger charge is -2.26. The first-order chi connectivity index (χ1) is 19.8. The number of aryl methyl sites for hydroxylation is 2. The maximum absolute atomic E-state index is 11.2. The van der Waals surface area contributed by atoms with Crippen LogP contribution in [0.5, 0.6) is 11.5 Å². The molecular formula is C36H52I2N2O2. The van der Waals surface area contributed by atoms with Crippen LogP contribution in [0.25, 0.3) is 0 Å². The van der Waals surface area contributed by atoms with Crippen molar-refractivity contribution < 1.29 is 10.2 Å². The van der Waals surface area contributed by atoms with Gasteiger partial charge in [0.1, 0.15) is 11.5 Å². The first-order valence-electron chi connectivity index (χ1n) is 15.8. The number of aliphatic imine (C=N–C) groups is 2. The molecule has 232 valence electrons. The van der Waals surface area contributed by atoms with Crippen LogP contribution in [0.15, 0.2) is 34.3 Å². The zero-order valence-electron chi connectivity index (χ0n) is 26.6. The first kappa shape index (κ1) is 35.3. The average molecular weight is 799 g/mol. The Kier molecular flexibility index (Phi) is 13.7. The molecule has 4 nitrogen and oxygen atoms in total. The van der Waals surface area contributed by atoms with Crippen molar-refractivity contribution in [3.05, 3.63) is 57.6 Å². The van der Waals surface area contributed by atoms with Crippen molar-refractivity contribution in [3.63, 3.8) is 0 Å². The molecule has 6 heteroatoms. The molecule has 0 bridgehead atoms. The molecule has 2 atom stereocenters. The van der Waals surface area contributed by atoms with Gasteiger partial charge in [0.25, 0.3) is 0 Å². The predicted octanol–water partition coefficient (Wildman–Crippen LogP) is 10.1. The quantitative estimate of drug-likeness (QED) is 0.0973. The zero-order valence-corrected chi connectivity index (χ0v) is 31.0. The van der Waals surface area contributed by atoms with Gasteiger partial charge in [-0.05, 0) is 94.3 Å². The van der Waals surface area contributed by atoms with E-state index in [-0.39, 0.29) is 22.9 Å². The summed E-state index contributed by atoms with van der Waals surface area (Å²) in [6, 6.07) is 8.73. The maximum Gasteiger partial charge on any atom is 0.128 e. The molecular weight excluding hydrogens is 746 g/mol. The molecule has 1 fully saturated rings. The Morgan fingerprint density at radius 2 is 1.05 bits per heavy atom. The minimum absolute atomic E-state index is 0.0613. The molecule has 3 rings (SSSR count). The Balaban J connectivity index is 1.90. The van der Waals surface area contributed by atoms with Crippen molar-refractivity contribution in [2.75, 3.05) is 8.86 Å². The maximum atomic E-state index is 11.2. The molecule has 2 aromatic carbocycles. The Labute approximate surface area is 282 Å². The molecule has 2 N–H and O–H groups in total. The van der Waals surface area contributed by atoms with Crippen LogP contribution in [0, 0.1) is 0 Å². The number of hydrogen-bond donors (Lipinski definition) is 2. The van der Waals surface area contributed by atoms with Crippen molar-refractivity contribution in [3.8, 4) is 11.5 Å². The highest BCUT2D eigenvalue weighted by Crippen LogP contribution is 2.36. The van der Waals surface area contributed by atoms with Crippen molar-refractivity contribution in [2.24, 2.45) is 9.98 Å². The molecule has 1 aliphatic carbocycles. The molecule has 42 heavy (non-hydrogen) atoms. The summed E-state index contributed by atoms with van der Waals surface area (Å²) in [6.07, 6.45) is 14.8. The Morgan fingerprint density at radius 3 is 1.38 bits per heavy atom. The van der Waals surface area contributed by atoms with Crippen molar-refractivity contribution in [2.45, 2.75) is 129 Å². The van der Waals surface area contributed by atoms with E-state index in [1.807, 2.05) is 12.4 Å². The van der Waals surface area contributed by atoms with Crippen LogP contribution in [0.4, 0.5) is 0 Å². The van der Waals surface area contributed by atoms with E-state index in [4.69, 9.17) is 9.98 Å². The van der Waals surface area contributed by atoms with E-state index in [2.05, 4.69) is 111 Å². The predicted molar refractivity (Wildman–Crippen MR) is 198 cm³/mol. The second-order valence-corrected chi connectivity index (χ2v) is 16.1. The van der Waals surface area contributed by atoms with E-state index >= 15 is 0 Å². The van der Waals surface area contributed by atoms with Crippen LogP contribution in [0.1, 0.15) is 126 Å². The summed E-state index contributed by atoms with van der Waals surface area (Å²) in [4.78, 5) is 10.1. The van der Waals surface area contributed by atoms with Gasteiger partial charge in [0, 0.05) is 34.7 Å². The number of hydrogen-bond acceptors (Lipinski definition) is 4. The van der Waals surface area contributed by atoms with Gasteiger partial charge in [0.15, 0.2) is 0 Å². The lowest BCUT2D eigenvalue weighted by atomic mass is 9.83. The van der Waals surface area contributed by atoms with Gasteiger partial charge in [-0.25, -0.2) is 0 Å². The second kappa shape index (κ2) is 16.2. The summed E-state index contributed by atoms with van der Waals surface area (Å²) in [5.41, 5.74) is 5.83. The Bertz CT molecular complexity index is 1130. The summed E-state index contributed by atoms with van der Waals surface area (Å²) in [7, 11) is 0. The van der Waals surface area contributed by atoms with E-state index in [0.717, 1.165) is 82.5 Å². The van der Waals surface area contributed by atoms with Crippen LogP contribution < -0.4 is 0 Å². The summed E-state index contributed by atoms with van der Waals surface area (Å²) >= 11 is 4.88. The molecule has 2 aromatic rings. The number of unbranched alkanes of at least 4 members (excludes halogenated alkanes) is 2. The SMILES string of the molecule is CC(C)(C)c1cc(CCCCI)cc(C=NC2CCCCC2N=Cc2cc(CCCCI)cc(C(C)(C)C)c2O)c1O. The minimum Gasteiger partial charge on any atom is -0.507 e. The summed E-state index contributed by atoms with van der Waals surface area (Å²) in [5.74, 6) is 0.692. The number of nitrogens with zero attached hydrogens (tertiary/aromatic N) is 2. The molecule has 2 unspecified atom stereocenters. The monoisotopic (exact) mass is 798 g/mol. The third kappa shape index (κ3) is 10.2. The molecule has 1 aliphatic rings. The third-order valence-corrected chi connectivity index (χ3v) is 9.74. The number of alkyl halides is 2. The Morgan fingerprint density at radius 1 is 0.667 bits per heavy atom. The highest BCUT2D eigenvalue weighted by atomic mass is 127. The fourth-order valence-corrected chi connectivity index (χ4v) is 6.78. The van der Waals surface area contributed by atoms with Gasteiger partial charge in [-0.15, -0.1) is 0 Å². The average Bonchev–Trinajstić information content (AvgIpc) is 2.92. The molecule has 1 saturated carbocycles. The zero-order chi connectivity index (χ0) is 30.9. The van der Waals surface area contributed by atoms with Gasteiger partial charge in [0.2, 0.25) is 0 Å². The van der Waals surface area contributed by atoms with Crippen molar-refractivity contribution >= 4 is 57.6 Å². The normalized spacial score (nSPS) is 18.4. The standard InChI is InChI=1S/C36H52I2N2O2/c1-35(2,3)29-21-25(13-9-11-17-37)19-27(33(29)41)23-39-31-15-7-8-16-32(31)40-24-28-20-26(14-10-12-18-38)22-30(34(28)42)36(4,5)6/h19-24,31-32,41-42H,7-18H2,1-6H3. The molecule has 0 amide bonds. The molecule has 0 heterocycles. The van der Waals surface area contributed by atoms with E-state index in [9.17, 15) is 10.2 Å². The van der Waals surface area contributed by atoms with Crippen LogP contribution >= 0.6 is 45.2 Å². The lowest BCUT2D eigenvalue weighted by Crippen LogP contribution is -2.27. The number of phenols is 2. The third-order valence-electron chi connectivity index (χ3n) is 8.22. The summed E-state index contributed by atoms with van der Waals surface area (Å²) in [6.45, 7) is 12.9. The number of aromatic hydroxyl groups is 2. The smallest absolute Gasteiger partial charge is 0.128 e. The highest BCUT2D eigenvalue weighted by Gasteiger charge is 2.26. The van der Waals surface area contributed by atoms with Gasteiger partial charge in [0.05, 0.1) is 12.1 Å². The van der Waals surface area contributed by atoms with Crippen LogP contribution in [-0.2, 0) is 23.7 Å². The molecule has 0 spiro atoms. The van der Waals surface area contributed by atoms with E-state index in [1.165, 1.54) is 24.0 Å². The minimum atomic E-state index is -0.151. The molecule has 0 aliphatic heterocycles. The van der Waals surface area contributed by atoms with Gasteiger partial charge >= 0.3 is 0 Å². The summed E-state index contributed by atoms with van der Waals surface area (Å²) < 4.78 is 2.33. The number of halogens is 2. The van der Waals surface area contributed by atoms with Crippen LogP contribution in [0.2, 0.25) is 0 Å². The lowest BCUT2D eigenvalue weighted by molar-refractivity contribution is 0.390. The first-order valence-corrected chi connectivity index (χ1v) is 18.8. The van der Waals surface area contributed by atoms with E-state index in [1.54, 1.807) is 0 Å². The number of rotatable bonds is 12. The van der Waals surface area contributed by atoms with Gasteiger partial charge in [-0.2, -0.15) is 0 Å². The highest BCUT2D eigenvalue weighted by molar-refractivity contribution is 14.1. The second-order valence-electron chi connectivity index (χ2n) is 13.9. The largest absolute Gasteiger partial charge is 0.507 e. The van der Waals surface area contributed by atoms with Crippen LogP contribution in [0.3, 0.4) is 0 Å². The topological polar surface area (TPSA) is 65.2 Å². The van der Waals surface area contributed by atoms with Gasteiger partial charge in [-0.1, -0.05) is 112 Å². The van der Waals surface area contributed by atoms with E-state index in [0.29, 0.717) is 11.5 Å². The summed E-state index contributed by atoms with van der Waals surface area (Å²) in [5, 5.41) is 22.5. The van der Waals surface area contributed by atoms with E-state index < -0.39 is 0 Å². The van der Waals surface area contributed by atoms with Crippen molar-refractivity contribution in [1.29, 1.82) is 0 Å². The molecule has 0 radical (unpaired) electrons. The van der Waals surface area contributed by atoms with Gasteiger partial charge in [-0.3, -0.25) is 9.98 Å². The van der Waals surface area contributed by atoms with Crippen molar-refractivity contribution in [1.82, 2.24) is 0 Å². The fraction of sp³-hybridized carbons (Fsp3) is 0.611. The Hall–Kier alpha value is -1.16. The molecule has 0 aromatic heterocycles. The number of phenolic OH excluding ortho intramolecular Hbond substituents is 2.